The van der Waals surface area contributed by atoms with E-state index in [1.807, 2.05) is 18.2 Å². The molecule has 1 aromatic heterocycles. The van der Waals surface area contributed by atoms with Crippen molar-refractivity contribution in [2.45, 2.75) is 36.3 Å². The van der Waals surface area contributed by atoms with Gasteiger partial charge in [-0.2, -0.15) is 0 Å². The summed E-state index contributed by atoms with van der Waals surface area (Å²) in [7, 11) is 0. The van der Waals surface area contributed by atoms with Crippen LogP contribution in [-0.4, -0.2) is 5.16 Å². The van der Waals surface area contributed by atoms with Crippen LogP contribution < -0.4 is 0 Å². The van der Waals surface area contributed by atoms with Crippen LogP contribution in [0, 0.1) is 0 Å². The zero-order chi connectivity index (χ0) is 12.4. The van der Waals surface area contributed by atoms with Gasteiger partial charge in [0.05, 0.1) is 5.69 Å². The standard InChI is InChI=1S/C14H14ClNOS/c15-10-4-3-5-11(8-10)18-9-13-12-6-1-2-7-14(12)17-16-13/h3-5,8H,1-2,6-7,9H2. The minimum absolute atomic E-state index is 0.780. The van der Waals surface area contributed by atoms with Gasteiger partial charge in [-0.25, -0.2) is 0 Å². The van der Waals surface area contributed by atoms with Crippen LogP contribution in [0.1, 0.15) is 29.9 Å². The van der Waals surface area contributed by atoms with Gasteiger partial charge in [-0.15, -0.1) is 11.8 Å². The Morgan fingerprint density at radius 2 is 2.17 bits per heavy atom. The molecule has 1 aliphatic rings. The molecule has 18 heavy (non-hydrogen) atoms. The molecule has 2 aromatic rings. The van der Waals surface area contributed by atoms with Crippen LogP contribution in [0.15, 0.2) is 33.7 Å². The number of hydrogen-bond acceptors (Lipinski definition) is 3. The van der Waals surface area contributed by atoms with E-state index in [2.05, 4.69) is 11.2 Å². The Morgan fingerprint density at radius 1 is 1.28 bits per heavy atom. The average molecular weight is 280 g/mol. The molecule has 4 heteroatoms. The molecule has 0 N–H and O–H groups in total. The van der Waals surface area contributed by atoms with Crippen molar-refractivity contribution in [3.8, 4) is 0 Å². The third-order valence-electron chi connectivity index (χ3n) is 3.20. The monoisotopic (exact) mass is 279 g/mol. The van der Waals surface area contributed by atoms with Gasteiger partial charge >= 0.3 is 0 Å². The van der Waals surface area contributed by atoms with E-state index in [4.69, 9.17) is 16.1 Å². The molecule has 3 rings (SSSR count). The minimum Gasteiger partial charge on any atom is -0.361 e. The predicted molar refractivity (Wildman–Crippen MR) is 74.2 cm³/mol. The number of thioether (sulfide) groups is 1. The van der Waals surface area contributed by atoms with Gasteiger partial charge in [0.25, 0.3) is 0 Å². The number of hydrogen-bond donors (Lipinski definition) is 0. The molecule has 2 nitrogen and oxygen atoms in total. The van der Waals surface area contributed by atoms with Crippen molar-refractivity contribution in [2.75, 3.05) is 0 Å². The Kier molecular flexibility index (Phi) is 3.62. The fourth-order valence-electron chi connectivity index (χ4n) is 2.27. The smallest absolute Gasteiger partial charge is 0.140 e. The highest BCUT2D eigenvalue weighted by atomic mass is 35.5. The Labute approximate surface area is 116 Å². The minimum atomic E-state index is 0.780. The summed E-state index contributed by atoms with van der Waals surface area (Å²) in [6.07, 6.45) is 4.64. The molecule has 1 aliphatic carbocycles. The van der Waals surface area contributed by atoms with Crippen LogP contribution in [0.4, 0.5) is 0 Å². The van der Waals surface area contributed by atoms with E-state index in [1.165, 1.54) is 23.3 Å². The van der Waals surface area contributed by atoms with Crippen LogP contribution >= 0.6 is 23.4 Å². The Hall–Kier alpha value is -0.930. The van der Waals surface area contributed by atoms with E-state index in [9.17, 15) is 0 Å². The third kappa shape index (κ3) is 2.57. The summed E-state index contributed by atoms with van der Waals surface area (Å²) in [4.78, 5) is 1.18. The van der Waals surface area contributed by atoms with Crippen LogP contribution in [0.5, 0.6) is 0 Å². The molecule has 0 saturated carbocycles. The van der Waals surface area contributed by atoms with Gasteiger partial charge in [0.2, 0.25) is 0 Å². The Bertz CT molecular complexity index is 552. The molecule has 0 saturated heterocycles. The van der Waals surface area contributed by atoms with E-state index < -0.39 is 0 Å². The maximum absolute atomic E-state index is 5.97. The van der Waals surface area contributed by atoms with E-state index in [0.717, 1.165) is 35.1 Å². The second kappa shape index (κ2) is 5.37. The first-order valence-corrected chi connectivity index (χ1v) is 7.54. The van der Waals surface area contributed by atoms with Gasteiger partial charge in [0, 0.05) is 27.7 Å². The highest BCUT2D eigenvalue weighted by Crippen LogP contribution is 2.30. The lowest BCUT2D eigenvalue weighted by Crippen LogP contribution is -2.01. The number of rotatable bonds is 3. The van der Waals surface area contributed by atoms with Gasteiger partial charge in [0.1, 0.15) is 5.76 Å². The first-order chi connectivity index (χ1) is 8.83. The largest absolute Gasteiger partial charge is 0.361 e. The molecule has 94 valence electrons. The molecule has 1 heterocycles. The van der Waals surface area contributed by atoms with Crippen LogP contribution in [-0.2, 0) is 18.6 Å². The van der Waals surface area contributed by atoms with Gasteiger partial charge in [-0.1, -0.05) is 22.8 Å². The Balaban J connectivity index is 1.72. The second-order valence-electron chi connectivity index (χ2n) is 4.48. The SMILES string of the molecule is Clc1cccc(SCc2noc3c2CCCC3)c1. The molecular weight excluding hydrogens is 266 g/mol. The van der Waals surface area contributed by atoms with Crippen molar-refractivity contribution in [1.82, 2.24) is 5.16 Å². The summed E-state index contributed by atoms with van der Waals surface area (Å²) in [6.45, 7) is 0. The van der Waals surface area contributed by atoms with Crippen LogP contribution in [0.3, 0.4) is 0 Å². The molecule has 0 spiro atoms. The zero-order valence-electron chi connectivity index (χ0n) is 9.99. The quantitative estimate of drug-likeness (QED) is 0.774. The van der Waals surface area contributed by atoms with Crippen molar-refractivity contribution in [3.63, 3.8) is 0 Å². The number of nitrogens with zero attached hydrogens (tertiary/aromatic N) is 1. The number of benzene rings is 1. The number of fused-ring (bicyclic) bond motifs is 1. The van der Waals surface area contributed by atoms with Crippen molar-refractivity contribution >= 4 is 23.4 Å². The highest BCUT2D eigenvalue weighted by Gasteiger charge is 2.19. The normalized spacial score (nSPS) is 14.5. The summed E-state index contributed by atoms with van der Waals surface area (Å²) >= 11 is 7.73. The van der Waals surface area contributed by atoms with Crippen molar-refractivity contribution in [1.29, 1.82) is 0 Å². The second-order valence-corrected chi connectivity index (χ2v) is 5.97. The summed E-state index contributed by atoms with van der Waals surface area (Å²) < 4.78 is 5.41. The fourth-order valence-corrected chi connectivity index (χ4v) is 3.44. The fraction of sp³-hybridized carbons (Fsp3) is 0.357. The molecule has 0 unspecified atom stereocenters. The lowest BCUT2D eigenvalue weighted by molar-refractivity contribution is 0.369. The van der Waals surface area contributed by atoms with Crippen molar-refractivity contribution in [3.05, 3.63) is 46.3 Å². The molecule has 0 aliphatic heterocycles. The van der Waals surface area contributed by atoms with Crippen LogP contribution in [0.2, 0.25) is 5.02 Å². The summed E-state index contributed by atoms with van der Waals surface area (Å²) in [5, 5.41) is 4.99. The molecule has 0 radical (unpaired) electrons. The van der Waals surface area contributed by atoms with E-state index in [0.29, 0.717) is 0 Å². The lowest BCUT2D eigenvalue weighted by Gasteiger charge is -2.09. The maximum atomic E-state index is 5.97. The van der Waals surface area contributed by atoms with Gasteiger partial charge in [-0.05, 0) is 37.5 Å². The summed E-state index contributed by atoms with van der Waals surface area (Å²) in [5.74, 6) is 1.96. The summed E-state index contributed by atoms with van der Waals surface area (Å²) in [6, 6.07) is 7.92. The van der Waals surface area contributed by atoms with E-state index in [1.54, 1.807) is 11.8 Å². The van der Waals surface area contributed by atoms with Gasteiger partial charge < -0.3 is 4.52 Å². The first-order valence-electron chi connectivity index (χ1n) is 6.17. The lowest BCUT2D eigenvalue weighted by atomic mass is 9.97. The maximum Gasteiger partial charge on any atom is 0.140 e. The number of aromatic nitrogens is 1. The van der Waals surface area contributed by atoms with Crippen LogP contribution in [0.25, 0.3) is 0 Å². The molecule has 0 amide bonds. The number of halogens is 1. The zero-order valence-corrected chi connectivity index (χ0v) is 11.6. The molecule has 0 fully saturated rings. The Morgan fingerprint density at radius 3 is 3.06 bits per heavy atom. The highest BCUT2D eigenvalue weighted by molar-refractivity contribution is 7.98. The van der Waals surface area contributed by atoms with E-state index >= 15 is 0 Å². The van der Waals surface area contributed by atoms with E-state index in [-0.39, 0.29) is 0 Å². The van der Waals surface area contributed by atoms with Gasteiger partial charge in [-0.3, -0.25) is 0 Å². The number of aryl methyl sites for hydroxylation is 1. The molecule has 0 bridgehead atoms. The predicted octanol–water partition coefficient (Wildman–Crippen LogP) is 4.50. The average Bonchev–Trinajstić information content (AvgIpc) is 2.80. The topological polar surface area (TPSA) is 26.0 Å². The van der Waals surface area contributed by atoms with Crippen molar-refractivity contribution in [2.24, 2.45) is 0 Å². The molecule has 0 atom stereocenters. The summed E-state index contributed by atoms with van der Waals surface area (Å²) in [5.41, 5.74) is 2.45. The van der Waals surface area contributed by atoms with Gasteiger partial charge in [0.15, 0.2) is 0 Å². The molecular formula is C14H14ClNOS. The molecule has 1 aromatic carbocycles. The van der Waals surface area contributed by atoms with Crippen molar-refractivity contribution < 1.29 is 4.52 Å². The first kappa shape index (κ1) is 12.1. The third-order valence-corrected chi connectivity index (χ3v) is 4.44.